The lowest BCUT2D eigenvalue weighted by atomic mass is 9.93. The number of aromatic carboxylic acids is 1. The van der Waals surface area contributed by atoms with Gasteiger partial charge in [-0.2, -0.15) is 0 Å². The van der Waals surface area contributed by atoms with E-state index in [9.17, 15) is 9.18 Å². The Balaban J connectivity index is 2.20. The first-order valence-corrected chi connectivity index (χ1v) is 6.83. The van der Waals surface area contributed by atoms with E-state index in [-0.39, 0.29) is 11.6 Å². The van der Waals surface area contributed by atoms with Crippen LogP contribution in [0.3, 0.4) is 0 Å². The molecule has 0 spiro atoms. The highest BCUT2D eigenvalue weighted by Gasteiger charge is 2.32. The van der Waals surface area contributed by atoms with E-state index in [1.807, 2.05) is 0 Å². The molecule has 2 rings (SSSR count). The van der Waals surface area contributed by atoms with Crippen molar-refractivity contribution >= 4 is 11.7 Å². The van der Waals surface area contributed by atoms with Crippen molar-refractivity contribution in [2.24, 2.45) is 11.8 Å². The standard InChI is InChI=1S/C15H20FNO2/c1-3-10-7-8-12(9(10)2)17-13-6-4-5-11(16)14(13)15(18)19/h4-6,9-10,12,17H,3,7-8H2,1-2H3,(H,18,19). The molecular formula is C15H20FNO2. The van der Waals surface area contributed by atoms with Crippen molar-refractivity contribution < 1.29 is 14.3 Å². The summed E-state index contributed by atoms with van der Waals surface area (Å²) in [5.41, 5.74) is 0.135. The maximum Gasteiger partial charge on any atom is 0.340 e. The van der Waals surface area contributed by atoms with Gasteiger partial charge in [-0.25, -0.2) is 9.18 Å². The topological polar surface area (TPSA) is 49.3 Å². The second-order valence-electron chi connectivity index (χ2n) is 5.32. The first-order valence-electron chi connectivity index (χ1n) is 6.83. The minimum absolute atomic E-state index is 0.227. The number of anilines is 1. The lowest BCUT2D eigenvalue weighted by Gasteiger charge is -2.23. The fourth-order valence-corrected chi connectivity index (χ4v) is 3.09. The van der Waals surface area contributed by atoms with Crippen LogP contribution in [0.15, 0.2) is 18.2 Å². The molecule has 3 atom stereocenters. The minimum atomic E-state index is -1.22. The van der Waals surface area contributed by atoms with Gasteiger partial charge in [-0.05, 0) is 36.8 Å². The first kappa shape index (κ1) is 13.8. The maximum absolute atomic E-state index is 13.6. The van der Waals surface area contributed by atoms with Crippen molar-refractivity contribution in [2.75, 3.05) is 5.32 Å². The van der Waals surface area contributed by atoms with E-state index in [0.29, 0.717) is 17.5 Å². The van der Waals surface area contributed by atoms with E-state index in [1.54, 1.807) is 12.1 Å². The fourth-order valence-electron chi connectivity index (χ4n) is 3.09. The summed E-state index contributed by atoms with van der Waals surface area (Å²) in [6.45, 7) is 4.35. The summed E-state index contributed by atoms with van der Waals surface area (Å²) < 4.78 is 13.6. The Morgan fingerprint density at radius 1 is 1.47 bits per heavy atom. The molecule has 4 heteroatoms. The van der Waals surface area contributed by atoms with Crippen LogP contribution in [0.25, 0.3) is 0 Å². The van der Waals surface area contributed by atoms with Crippen LogP contribution in [0.4, 0.5) is 10.1 Å². The number of rotatable bonds is 4. The Hall–Kier alpha value is -1.58. The van der Waals surface area contributed by atoms with Crippen molar-refractivity contribution in [3.63, 3.8) is 0 Å². The van der Waals surface area contributed by atoms with Crippen molar-refractivity contribution in [3.8, 4) is 0 Å². The van der Waals surface area contributed by atoms with Crippen LogP contribution in [0.2, 0.25) is 0 Å². The summed E-state index contributed by atoms with van der Waals surface area (Å²) in [6.07, 6.45) is 3.29. The number of benzene rings is 1. The molecule has 0 radical (unpaired) electrons. The van der Waals surface area contributed by atoms with Crippen molar-refractivity contribution in [3.05, 3.63) is 29.6 Å². The zero-order valence-electron chi connectivity index (χ0n) is 11.3. The predicted octanol–water partition coefficient (Wildman–Crippen LogP) is 3.76. The summed E-state index contributed by atoms with van der Waals surface area (Å²) in [7, 11) is 0. The third-order valence-electron chi connectivity index (χ3n) is 4.32. The molecule has 1 aromatic carbocycles. The highest BCUT2D eigenvalue weighted by atomic mass is 19.1. The highest BCUT2D eigenvalue weighted by Crippen LogP contribution is 2.36. The molecule has 0 saturated heterocycles. The average molecular weight is 265 g/mol. The molecule has 3 nitrogen and oxygen atoms in total. The van der Waals surface area contributed by atoms with Gasteiger partial charge in [0.15, 0.2) is 0 Å². The second-order valence-corrected chi connectivity index (χ2v) is 5.32. The lowest BCUT2D eigenvalue weighted by Crippen LogP contribution is -2.26. The van der Waals surface area contributed by atoms with Crippen molar-refractivity contribution in [2.45, 2.75) is 39.2 Å². The summed E-state index contributed by atoms with van der Waals surface area (Å²) in [5.74, 6) is -0.761. The molecule has 1 fully saturated rings. The molecule has 1 aromatic rings. The van der Waals surface area contributed by atoms with Gasteiger partial charge >= 0.3 is 5.97 Å². The summed E-state index contributed by atoms with van der Waals surface area (Å²) in [5, 5.41) is 12.3. The third kappa shape index (κ3) is 2.72. The third-order valence-corrected chi connectivity index (χ3v) is 4.32. The molecule has 1 aliphatic rings. The quantitative estimate of drug-likeness (QED) is 0.871. The summed E-state index contributed by atoms with van der Waals surface area (Å²) in [4.78, 5) is 11.1. The van der Waals surface area contributed by atoms with Crippen LogP contribution in [0.5, 0.6) is 0 Å². The Morgan fingerprint density at radius 2 is 2.21 bits per heavy atom. The van der Waals surface area contributed by atoms with E-state index in [0.717, 1.165) is 19.3 Å². The predicted molar refractivity (Wildman–Crippen MR) is 72.9 cm³/mol. The van der Waals surface area contributed by atoms with Gasteiger partial charge in [0, 0.05) is 6.04 Å². The Labute approximate surface area is 112 Å². The van der Waals surface area contributed by atoms with E-state index in [4.69, 9.17) is 5.11 Å². The monoisotopic (exact) mass is 265 g/mol. The molecule has 0 amide bonds. The van der Waals surface area contributed by atoms with Gasteiger partial charge in [-0.3, -0.25) is 0 Å². The smallest absolute Gasteiger partial charge is 0.340 e. The fraction of sp³-hybridized carbons (Fsp3) is 0.533. The van der Waals surface area contributed by atoms with Gasteiger partial charge in [0.2, 0.25) is 0 Å². The zero-order valence-corrected chi connectivity index (χ0v) is 11.3. The molecule has 19 heavy (non-hydrogen) atoms. The molecule has 104 valence electrons. The van der Waals surface area contributed by atoms with Gasteiger partial charge in [0.05, 0.1) is 5.69 Å². The summed E-state index contributed by atoms with van der Waals surface area (Å²) in [6, 6.07) is 4.59. The van der Waals surface area contributed by atoms with Gasteiger partial charge in [-0.1, -0.05) is 26.3 Å². The number of carboxylic acid groups (broad SMARTS) is 1. The molecular weight excluding hydrogens is 245 g/mol. The van der Waals surface area contributed by atoms with Crippen LogP contribution in [-0.4, -0.2) is 17.1 Å². The van der Waals surface area contributed by atoms with Crippen LogP contribution in [-0.2, 0) is 0 Å². The van der Waals surface area contributed by atoms with E-state index in [2.05, 4.69) is 19.2 Å². The van der Waals surface area contributed by atoms with Crippen LogP contribution in [0, 0.1) is 17.7 Å². The van der Waals surface area contributed by atoms with Gasteiger partial charge in [0.1, 0.15) is 11.4 Å². The molecule has 3 unspecified atom stereocenters. The molecule has 1 aliphatic carbocycles. The molecule has 0 aliphatic heterocycles. The van der Waals surface area contributed by atoms with E-state index < -0.39 is 11.8 Å². The first-order chi connectivity index (χ1) is 9.04. The van der Waals surface area contributed by atoms with Crippen molar-refractivity contribution in [1.29, 1.82) is 0 Å². The SMILES string of the molecule is CCC1CCC(Nc2cccc(F)c2C(=O)O)C1C. The van der Waals surface area contributed by atoms with Gasteiger partial charge in [-0.15, -0.1) is 0 Å². The van der Waals surface area contributed by atoms with Crippen LogP contribution >= 0.6 is 0 Å². The van der Waals surface area contributed by atoms with Crippen molar-refractivity contribution in [1.82, 2.24) is 0 Å². The Bertz CT molecular complexity index is 475. The zero-order chi connectivity index (χ0) is 14.0. The molecule has 2 N–H and O–H groups in total. The number of nitrogens with one attached hydrogen (secondary N) is 1. The normalized spacial score (nSPS) is 26.4. The molecule has 1 saturated carbocycles. The number of carboxylic acids is 1. The number of hydrogen-bond acceptors (Lipinski definition) is 2. The van der Waals surface area contributed by atoms with Crippen LogP contribution < -0.4 is 5.32 Å². The molecule has 0 heterocycles. The number of hydrogen-bond donors (Lipinski definition) is 2. The van der Waals surface area contributed by atoms with E-state index >= 15 is 0 Å². The Morgan fingerprint density at radius 3 is 2.79 bits per heavy atom. The molecule has 0 bridgehead atoms. The largest absolute Gasteiger partial charge is 0.478 e. The van der Waals surface area contributed by atoms with Crippen LogP contribution in [0.1, 0.15) is 43.5 Å². The average Bonchev–Trinajstić information content (AvgIpc) is 2.70. The van der Waals surface area contributed by atoms with Gasteiger partial charge < -0.3 is 10.4 Å². The minimum Gasteiger partial charge on any atom is -0.478 e. The summed E-state index contributed by atoms with van der Waals surface area (Å²) >= 11 is 0. The number of carbonyl (C=O) groups is 1. The lowest BCUT2D eigenvalue weighted by molar-refractivity contribution is 0.0693. The second kappa shape index (κ2) is 5.59. The maximum atomic E-state index is 13.6. The van der Waals surface area contributed by atoms with Gasteiger partial charge in [0.25, 0.3) is 0 Å². The Kier molecular flexibility index (Phi) is 4.08. The highest BCUT2D eigenvalue weighted by molar-refractivity contribution is 5.94. The number of halogens is 1. The van der Waals surface area contributed by atoms with E-state index in [1.165, 1.54) is 6.07 Å². The molecule has 0 aromatic heterocycles.